The zero-order chi connectivity index (χ0) is 67.7. The summed E-state index contributed by atoms with van der Waals surface area (Å²) in [6.45, 7) is 12.6. The van der Waals surface area contributed by atoms with Crippen molar-refractivity contribution in [3.8, 4) is 28.8 Å². The summed E-state index contributed by atoms with van der Waals surface area (Å²) in [6.07, 6.45) is 4.99. The van der Waals surface area contributed by atoms with Crippen molar-refractivity contribution in [2.45, 2.75) is 173 Å². The third-order valence-corrected chi connectivity index (χ3v) is 20.1. The fourth-order valence-corrected chi connectivity index (χ4v) is 15.3. The second kappa shape index (κ2) is 28.7. The molecule has 96 heavy (non-hydrogen) atoms. The Bertz CT molecular complexity index is 3810. The lowest BCUT2D eigenvalue weighted by Gasteiger charge is -2.42. The molecule has 24 heteroatoms. The molecule has 2 bridgehead atoms. The van der Waals surface area contributed by atoms with E-state index in [2.05, 4.69) is 15.1 Å². The fraction of sp³-hybridized carbons (Fsp3) is 0.514. The number of unbranched alkanes of at least 4 members (excludes halogenated alkanes) is 4. The number of ether oxygens (including phenoxy) is 4. The number of carbonyl (C=O) groups is 4. The van der Waals surface area contributed by atoms with E-state index < -0.39 is 58.3 Å². The van der Waals surface area contributed by atoms with Crippen LogP contribution < -0.4 is 29.3 Å². The van der Waals surface area contributed by atoms with Crippen LogP contribution in [-0.2, 0) is 40.1 Å². The van der Waals surface area contributed by atoms with Crippen LogP contribution >= 0.6 is 11.6 Å². The van der Waals surface area contributed by atoms with Crippen molar-refractivity contribution in [1.29, 1.82) is 0 Å². The number of methoxy groups -OCH3 is 2. The quantitative estimate of drug-likeness (QED) is 0.0386. The number of fused-ring (bicyclic) bond motifs is 4. The lowest BCUT2D eigenvalue weighted by molar-refractivity contribution is -0.138. The molecular weight excluding hydrogens is 1260 g/mol. The number of halogens is 6. The molecule has 12 rings (SSSR count). The number of benzene rings is 4. The van der Waals surface area contributed by atoms with Gasteiger partial charge < -0.3 is 38.5 Å². The van der Waals surface area contributed by atoms with Crippen molar-refractivity contribution in [2.24, 2.45) is 0 Å². The molecule has 512 valence electrons. The van der Waals surface area contributed by atoms with E-state index in [0.29, 0.717) is 43.0 Å². The maximum atomic E-state index is 18.2. The van der Waals surface area contributed by atoms with Gasteiger partial charge in [0.15, 0.2) is 5.82 Å². The number of pyridine rings is 1. The van der Waals surface area contributed by atoms with Crippen molar-refractivity contribution in [3.05, 3.63) is 128 Å². The maximum Gasteiger partial charge on any atom is 0.418 e. The van der Waals surface area contributed by atoms with Crippen LogP contribution in [0.25, 0.3) is 22.2 Å². The maximum absolute atomic E-state index is 18.2. The van der Waals surface area contributed by atoms with Crippen molar-refractivity contribution in [3.63, 3.8) is 0 Å². The zero-order valence-electron chi connectivity index (χ0n) is 55.3. The number of nitrogens with one attached hydrogen (secondary N) is 1. The molecule has 4 atom stereocenters. The third kappa shape index (κ3) is 15.0. The number of aromatic nitrogens is 3. The zero-order valence-corrected chi connectivity index (χ0v) is 56.1. The molecule has 6 aliphatic rings. The Kier molecular flexibility index (Phi) is 20.3. The molecule has 0 aliphatic carbocycles. The minimum Gasteiger partial charge on any atom is -0.497 e. The average Bonchev–Trinajstić information content (AvgIpc) is 1.19. The van der Waals surface area contributed by atoms with Gasteiger partial charge in [-0.15, -0.1) is 0 Å². The number of amides is 4. The second-order valence-electron chi connectivity index (χ2n) is 27.5. The first-order valence-electron chi connectivity index (χ1n) is 33.6. The first-order chi connectivity index (χ1) is 46.0. The Morgan fingerprint density at radius 2 is 1.42 bits per heavy atom. The van der Waals surface area contributed by atoms with Crippen molar-refractivity contribution in [1.82, 2.24) is 39.9 Å². The van der Waals surface area contributed by atoms with E-state index in [1.165, 1.54) is 30.0 Å². The number of anilines is 2. The molecule has 0 radical (unpaired) electrons. The summed E-state index contributed by atoms with van der Waals surface area (Å²) in [5.74, 6) is -1.02. The van der Waals surface area contributed by atoms with Crippen molar-refractivity contribution < 1.29 is 60.1 Å². The number of alkyl halides is 3. The van der Waals surface area contributed by atoms with Gasteiger partial charge in [0.1, 0.15) is 52.7 Å². The largest absolute Gasteiger partial charge is 0.497 e. The number of piperazine rings is 1. The number of piperidine rings is 2. The van der Waals surface area contributed by atoms with Crippen LogP contribution in [0.15, 0.2) is 72.8 Å². The van der Waals surface area contributed by atoms with E-state index in [1.54, 1.807) is 49.5 Å². The summed E-state index contributed by atoms with van der Waals surface area (Å²) in [7, 11) is 3.12. The number of hydrogen-bond donors (Lipinski definition) is 1. The van der Waals surface area contributed by atoms with Gasteiger partial charge in [0, 0.05) is 56.1 Å². The van der Waals surface area contributed by atoms with Gasteiger partial charge in [-0.05, 0) is 200 Å². The molecule has 8 heterocycles. The molecule has 4 amide bonds. The predicted octanol–water partition coefficient (Wildman–Crippen LogP) is 13.2. The Balaban J connectivity index is 0.735. The molecule has 0 saturated carbocycles. The van der Waals surface area contributed by atoms with E-state index in [1.807, 2.05) is 54.8 Å². The van der Waals surface area contributed by atoms with E-state index in [4.69, 9.17) is 45.5 Å². The van der Waals surface area contributed by atoms with Crippen LogP contribution in [0.3, 0.4) is 0 Å². The van der Waals surface area contributed by atoms with Crippen molar-refractivity contribution in [2.75, 3.05) is 76.4 Å². The number of hydrogen-bond acceptors (Lipinski definition) is 15. The normalized spacial score (nSPS) is 20.3. The second-order valence-corrected chi connectivity index (χ2v) is 27.9. The molecule has 2 aromatic heterocycles. The highest BCUT2D eigenvalue weighted by Crippen LogP contribution is 2.47. The molecule has 0 spiro atoms. The van der Waals surface area contributed by atoms with Gasteiger partial charge >= 0.3 is 18.3 Å². The van der Waals surface area contributed by atoms with Crippen LogP contribution in [0.2, 0.25) is 5.02 Å². The summed E-state index contributed by atoms with van der Waals surface area (Å²) in [4.78, 5) is 77.9. The van der Waals surface area contributed by atoms with Gasteiger partial charge in [0.05, 0.1) is 48.1 Å². The Labute approximate surface area is 561 Å². The highest BCUT2D eigenvalue weighted by molar-refractivity contribution is 6.34. The Morgan fingerprint density at radius 1 is 0.771 bits per heavy atom. The SMILES string of the molecule is COc1ccc(CN(Cc2ccc(OC)cc2)c2cc(C)c(C(F)(F)F)c(-c3c(Cl)cc4c(N5CC6CCC(C5)N6C(=O)OC(C)(C)C)nc(OC[C@@H]5CCCN5CCCCCCCN5CCC(c6cc(F)cc7c6CN(C6CCC(=O)NC6=O)C7=O)CC5)nc4c3F)n2)cc1. The van der Waals surface area contributed by atoms with Crippen molar-refractivity contribution >= 4 is 58.0 Å². The molecule has 3 unspecified atom stereocenters. The standard InChI is InChI=1S/C72H84ClF5N10O8/c1-43-33-59(85(37-44-14-20-51(93-5)21-15-44)38-45-16-22-52(94-6)23-17-45)79-65(62(43)72(76,77)78)61-57(73)36-55-64(63(61)75)81-69(82-66(55)86-39-48-18-19-49(40-86)88(48)70(92)96-71(2,3)4)95-42-50-13-12-30-84(50)29-11-9-7-8-10-28-83-31-26-46(27-32-83)53-34-47(74)35-54-56(53)41-87(68(54)91)58-24-25-60(89)80-67(58)90/h14-17,20-23,33-36,46,48-50,58H,7-13,18-19,24-32,37-42H2,1-6H3,(H,80,89,90)/t48?,49?,50-,58?/m0/s1. The first-order valence-corrected chi connectivity index (χ1v) is 34.0. The number of rotatable bonds is 22. The van der Waals surface area contributed by atoms with Crippen LogP contribution in [0.5, 0.6) is 17.5 Å². The smallest absolute Gasteiger partial charge is 0.418 e. The van der Waals surface area contributed by atoms with Crippen LogP contribution in [0.1, 0.15) is 154 Å². The van der Waals surface area contributed by atoms with E-state index >= 15 is 22.0 Å². The molecule has 5 saturated heterocycles. The van der Waals surface area contributed by atoms with Crippen LogP contribution in [0.4, 0.5) is 38.4 Å². The monoisotopic (exact) mass is 1350 g/mol. The molecule has 18 nitrogen and oxygen atoms in total. The number of carbonyl (C=O) groups excluding carboxylic acids is 4. The number of nitrogens with zero attached hydrogens (tertiary/aromatic N) is 9. The van der Waals surface area contributed by atoms with Gasteiger partial charge in [-0.3, -0.25) is 29.5 Å². The van der Waals surface area contributed by atoms with E-state index in [0.717, 1.165) is 113 Å². The number of aryl methyl sites for hydroxylation is 1. The highest BCUT2D eigenvalue weighted by atomic mass is 35.5. The molecule has 6 aliphatic heterocycles. The molecule has 4 aromatic carbocycles. The first kappa shape index (κ1) is 68.1. The van der Waals surface area contributed by atoms with Gasteiger partial charge in [0.2, 0.25) is 11.8 Å². The van der Waals surface area contributed by atoms with Gasteiger partial charge in [-0.25, -0.2) is 18.6 Å². The summed E-state index contributed by atoms with van der Waals surface area (Å²) in [5.41, 5.74) is -0.0633. The fourth-order valence-electron chi connectivity index (χ4n) is 15.1. The van der Waals surface area contributed by atoms with Gasteiger partial charge in [0.25, 0.3) is 5.91 Å². The predicted molar refractivity (Wildman–Crippen MR) is 354 cm³/mol. The topological polar surface area (TPSA) is 175 Å². The lowest BCUT2D eigenvalue weighted by atomic mass is 9.85. The van der Waals surface area contributed by atoms with Gasteiger partial charge in [-0.1, -0.05) is 55.1 Å². The number of imide groups is 1. The summed E-state index contributed by atoms with van der Waals surface area (Å²) < 4.78 is 103. The average molecular weight is 1350 g/mol. The summed E-state index contributed by atoms with van der Waals surface area (Å²) >= 11 is 7.15. The molecule has 1 N–H and O–H groups in total. The third-order valence-electron chi connectivity index (χ3n) is 19.8. The highest BCUT2D eigenvalue weighted by Gasteiger charge is 2.47. The van der Waals surface area contributed by atoms with Crippen LogP contribution in [-0.4, -0.2) is 155 Å². The minimum absolute atomic E-state index is 0.00393. The minimum atomic E-state index is -4.99. The van der Waals surface area contributed by atoms with Crippen LogP contribution in [0, 0.1) is 18.6 Å². The summed E-state index contributed by atoms with van der Waals surface area (Å²) in [6, 6.07) is 18.8. The van der Waals surface area contributed by atoms with E-state index in [-0.39, 0.29) is 114 Å². The molecule has 6 aromatic rings. The number of likely N-dealkylation sites (tertiary alicyclic amines) is 2. The summed E-state index contributed by atoms with van der Waals surface area (Å²) in [5, 5.41) is 2.18. The molecule has 5 fully saturated rings. The lowest BCUT2D eigenvalue weighted by Crippen LogP contribution is -2.57. The van der Waals surface area contributed by atoms with Gasteiger partial charge in [-0.2, -0.15) is 23.1 Å². The van der Waals surface area contributed by atoms with E-state index in [9.17, 15) is 19.2 Å². The Morgan fingerprint density at radius 3 is 2.04 bits per heavy atom. The molecular formula is C72H84ClF5N10O8. The Hall–Kier alpha value is -7.89.